The fraction of sp³-hybridized carbons (Fsp3) is 0.321. The van der Waals surface area contributed by atoms with E-state index in [-0.39, 0.29) is 5.41 Å². The molecule has 31 heavy (non-hydrogen) atoms. The van der Waals surface area contributed by atoms with Crippen LogP contribution in [-0.2, 0) is 13.5 Å². The van der Waals surface area contributed by atoms with Gasteiger partial charge in [-0.3, -0.25) is 9.97 Å². The van der Waals surface area contributed by atoms with E-state index in [4.69, 9.17) is 9.97 Å². The number of pyridine rings is 1. The predicted molar refractivity (Wildman–Crippen MR) is 129 cm³/mol. The third-order valence-corrected chi connectivity index (χ3v) is 5.89. The lowest BCUT2D eigenvalue weighted by Crippen LogP contribution is -2.32. The van der Waals surface area contributed by atoms with Crippen molar-refractivity contribution in [2.24, 2.45) is 12.5 Å². The molecule has 2 heterocycles. The lowest BCUT2D eigenvalue weighted by Gasteiger charge is -2.17. The highest BCUT2D eigenvalue weighted by Crippen LogP contribution is 2.37. The molecule has 0 spiro atoms. The van der Waals surface area contributed by atoms with Crippen molar-refractivity contribution in [3.8, 4) is 22.5 Å². The highest BCUT2D eigenvalue weighted by molar-refractivity contribution is 6.00. The topological polar surface area (TPSA) is 29.7 Å². The molecule has 4 rings (SSSR count). The monoisotopic (exact) mass is 410 g/mol. The maximum atomic E-state index is 4.91. The molecule has 2 aromatic carbocycles. The Morgan fingerprint density at radius 2 is 1.68 bits per heavy atom. The number of nitrogens with zero attached hydrogens (tertiary/aromatic N) is 3. The van der Waals surface area contributed by atoms with Gasteiger partial charge in [0.05, 0.1) is 28.7 Å². The lowest BCUT2D eigenvalue weighted by atomic mass is 9.90. The van der Waals surface area contributed by atoms with Gasteiger partial charge in [0.15, 0.2) is 6.20 Å². The van der Waals surface area contributed by atoms with Crippen molar-refractivity contribution in [2.75, 3.05) is 0 Å². The first-order valence-corrected chi connectivity index (χ1v) is 10.9. The Bertz CT molecular complexity index is 1260. The lowest BCUT2D eigenvalue weighted by molar-refractivity contribution is -0.658. The maximum absolute atomic E-state index is 4.91. The summed E-state index contributed by atoms with van der Waals surface area (Å²) in [6.45, 7) is 13.3. The average molecular weight is 411 g/mol. The van der Waals surface area contributed by atoms with Crippen molar-refractivity contribution in [1.29, 1.82) is 0 Å². The van der Waals surface area contributed by atoms with Gasteiger partial charge in [-0.05, 0) is 55.9 Å². The molecule has 0 N–H and O–H groups in total. The van der Waals surface area contributed by atoms with E-state index in [0.29, 0.717) is 0 Å². The third kappa shape index (κ3) is 4.23. The molecular weight excluding hydrogens is 378 g/mol. The molecule has 2 aromatic heterocycles. The van der Waals surface area contributed by atoms with E-state index < -0.39 is 0 Å². The predicted octanol–water partition coefficient (Wildman–Crippen LogP) is 6.30. The quantitative estimate of drug-likeness (QED) is 0.371. The second kappa shape index (κ2) is 7.88. The minimum Gasteiger partial charge on any atom is -0.257 e. The summed E-state index contributed by atoms with van der Waals surface area (Å²) in [5.74, 6) is 0. The molecule has 0 atom stereocenters. The standard InChI is InChI=1S/C28H32N3/c1-18-12-19(2)20(3)24(13-18)27-26(23-11-9-8-10-21(23)17-31(27)7)25-16-29-22(15-30-25)14-28(4,5)6/h8-13,15-17H,14H2,1-7H3/q+1. The maximum Gasteiger partial charge on any atom is 0.222 e. The van der Waals surface area contributed by atoms with E-state index in [2.05, 4.69) is 95.8 Å². The molecular formula is C28H32N3+. The summed E-state index contributed by atoms with van der Waals surface area (Å²) in [4.78, 5) is 9.71. The Hall–Kier alpha value is -3.07. The van der Waals surface area contributed by atoms with Gasteiger partial charge in [-0.1, -0.05) is 50.6 Å². The van der Waals surface area contributed by atoms with Gasteiger partial charge in [-0.15, -0.1) is 0 Å². The van der Waals surface area contributed by atoms with E-state index in [9.17, 15) is 0 Å². The van der Waals surface area contributed by atoms with Gasteiger partial charge in [-0.25, -0.2) is 0 Å². The zero-order valence-corrected chi connectivity index (χ0v) is 19.7. The highest BCUT2D eigenvalue weighted by atomic mass is 14.9. The van der Waals surface area contributed by atoms with E-state index >= 15 is 0 Å². The molecule has 0 aliphatic heterocycles. The fourth-order valence-electron chi connectivity index (χ4n) is 4.40. The first kappa shape index (κ1) is 21.2. The Kier molecular flexibility index (Phi) is 5.38. The smallest absolute Gasteiger partial charge is 0.222 e. The van der Waals surface area contributed by atoms with Crippen molar-refractivity contribution in [3.63, 3.8) is 0 Å². The van der Waals surface area contributed by atoms with Crippen LogP contribution in [-0.4, -0.2) is 9.97 Å². The number of hydrogen-bond donors (Lipinski definition) is 0. The van der Waals surface area contributed by atoms with Gasteiger partial charge in [0.1, 0.15) is 7.05 Å². The SMILES string of the molecule is Cc1cc(C)c(C)c(-c2c(-c3cnc(CC(C)(C)C)cn3)c3ccccc3c[n+]2C)c1. The van der Waals surface area contributed by atoms with Gasteiger partial charge in [0.25, 0.3) is 0 Å². The van der Waals surface area contributed by atoms with Crippen LogP contribution in [0.4, 0.5) is 0 Å². The summed E-state index contributed by atoms with van der Waals surface area (Å²) in [6.07, 6.45) is 7.02. The number of rotatable bonds is 3. The second-order valence-electron chi connectivity index (χ2n) is 9.94. The highest BCUT2D eigenvalue weighted by Gasteiger charge is 2.25. The molecule has 3 nitrogen and oxygen atoms in total. The number of hydrogen-bond acceptors (Lipinski definition) is 2. The Morgan fingerprint density at radius 1 is 0.935 bits per heavy atom. The molecule has 4 aromatic rings. The van der Waals surface area contributed by atoms with Gasteiger partial charge in [0.2, 0.25) is 5.69 Å². The van der Waals surface area contributed by atoms with Crippen LogP contribution in [0.3, 0.4) is 0 Å². The minimum absolute atomic E-state index is 0.184. The molecule has 3 heteroatoms. The Labute approximate surface area is 185 Å². The number of benzene rings is 2. The van der Waals surface area contributed by atoms with Crippen LogP contribution in [0.1, 0.15) is 43.2 Å². The first-order valence-electron chi connectivity index (χ1n) is 10.9. The largest absolute Gasteiger partial charge is 0.257 e. The molecule has 0 amide bonds. The van der Waals surface area contributed by atoms with Crippen LogP contribution >= 0.6 is 0 Å². The van der Waals surface area contributed by atoms with Gasteiger partial charge in [-0.2, -0.15) is 4.57 Å². The van der Waals surface area contributed by atoms with Crippen LogP contribution < -0.4 is 4.57 Å². The molecule has 0 aliphatic carbocycles. The molecule has 158 valence electrons. The minimum atomic E-state index is 0.184. The Balaban J connectivity index is 2.01. The number of fused-ring (bicyclic) bond motifs is 1. The van der Waals surface area contributed by atoms with Gasteiger partial charge < -0.3 is 0 Å². The van der Waals surface area contributed by atoms with Crippen LogP contribution in [0.15, 0.2) is 55.0 Å². The van der Waals surface area contributed by atoms with Crippen molar-refractivity contribution >= 4 is 10.8 Å². The van der Waals surface area contributed by atoms with Crippen molar-refractivity contribution in [1.82, 2.24) is 9.97 Å². The molecule has 0 fully saturated rings. The molecule has 0 bridgehead atoms. The van der Waals surface area contributed by atoms with Crippen LogP contribution in [0.2, 0.25) is 0 Å². The molecule has 0 saturated carbocycles. The number of aromatic nitrogens is 3. The van der Waals surface area contributed by atoms with Gasteiger partial charge in [0, 0.05) is 17.0 Å². The first-order chi connectivity index (χ1) is 14.6. The van der Waals surface area contributed by atoms with E-state index in [1.807, 2.05) is 12.4 Å². The summed E-state index contributed by atoms with van der Waals surface area (Å²) < 4.78 is 2.24. The summed E-state index contributed by atoms with van der Waals surface area (Å²) in [6, 6.07) is 13.1. The van der Waals surface area contributed by atoms with Crippen molar-refractivity contribution < 1.29 is 4.57 Å². The van der Waals surface area contributed by atoms with E-state index in [0.717, 1.165) is 23.4 Å². The molecule has 0 unspecified atom stereocenters. The summed E-state index contributed by atoms with van der Waals surface area (Å²) in [5, 5.41) is 2.40. The molecule has 0 aliphatic rings. The van der Waals surface area contributed by atoms with Crippen molar-refractivity contribution in [3.05, 3.63) is 77.4 Å². The summed E-state index contributed by atoms with van der Waals surface area (Å²) in [7, 11) is 2.13. The average Bonchev–Trinajstić information content (AvgIpc) is 2.69. The molecule has 0 radical (unpaired) electrons. The van der Waals surface area contributed by atoms with Crippen LogP contribution in [0, 0.1) is 26.2 Å². The van der Waals surface area contributed by atoms with E-state index in [1.54, 1.807) is 0 Å². The van der Waals surface area contributed by atoms with Crippen LogP contribution in [0.25, 0.3) is 33.3 Å². The zero-order valence-electron chi connectivity index (χ0n) is 19.7. The normalized spacial score (nSPS) is 11.8. The Morgan fingerprint density at radius 3 is 2.35 bits per heavy atom. The summed E-state index contributed by atoms with van der Waals surface area (Å²) in [5.41, 5.74) is 9.58. The zero-order chi connectivity index (χ0) is 22.3. The van der Waals surface area contributed by atoms with E-state index in [1.165, 1.54) is 38.7 Å². The fourth-order valence-corrected chi connectivity index (χ4v) is 4.40. The van der Waals surface area contributed by atoms with Crippen molar-refractivity contribution in [2.45, 2.75) is 48.0 Å². The van der Waals surface area contributed by atoms with Crippen LogP contribution in [0.5, 0.6) is 0 Å². The molecule has 0 saturated heterocycles. The number of aryl methyl sites for hydroxylation is 3. The third-order valence-electron chi connectivity index (χ3n) is 5.89. The van der Waals surface area contributed by atoms with Gasteiger partial charge >= 0.3 is 0 Å². The second-order valence-corrected chi connectivity index (χ2v) is 9.94. The summed E-state index contributed by atoms with van der Waals surface area (Å²) >= 11 is 0.